The van der Waals surface area contributed by atoms with Crippen LogP contribution in [0.1, 0.15) is 138 Å². The van der Waals surface area contributed by atoms with Gasteiger partial charge in [0, 0.05) is 73.4 Å². The van der Waals surface area contributed by atoms with Crippen molar-refractivity contribution in [1.82, 2.24) is 31.9 Å². The molecule has 0 radical (unpaired) electrons. The first-order valence-corrected chi connectivity index (χ1v) is 25.0. The molecule has 0 atom stereocenters. The fourth-order valence-corrected chi connectivity index (χ4v) is 7.40. The van der Waals surface area contributed by atoms with Crippen molar-refractivity contribution >= 4 is 70.3 Å². The van der Waals surface area contributed by atoms with Crippen LogP contribution in [0, 0.1) is 0 Å². The van der Waals surface area contributed by atoms with Crippen LogP contribution in [0.5, 0.6) is 0 Å². The lowest BCUT2D eigenvalue weighted by Gasteiger charge is -2.23. The van der Waals surface area contributed by atoms with Crippen molar-refractivity contribution in [3.05, 3.63) is 72.8 Å². The van der Waals surface area contributed by atoms with E-state index in [9.17, 15) is 28.8 Å². The summed E-state index contributed by atoms with van der Waals surface area (Å²) in [5.41, 5.74) is 3.84. The fourth-order valence-electron chi connectivity index (χ4n) is 7.40. The second-order valence-corrected chi connectivity index (χ2v) is 15.7. The van der Waals surface area contributed by atoms with Crippen molar-refractivity contribution in [3.63, 3.8) is 0 Å². The zero-order chi connectivity index (χ0) is 51.2. The Morgan fingerprint density at radius 2 is 0.507 bits per heavy atom. The Hall–Kier alpha value is -6.72. The molecule has 3 aromatic rings. The third-order valence-corrected chi connectivity index (χ3v) is 10.6. The number of nitrogens with one attached hydrogen (secondary N) is 12. The summed E-state index contributed by atoms with van der Waals surface area (Å²) in [6, 6.07) is 20.5. The van der Waals surface area contributed by atoms with Gasteiger partial charge in [-0.3, -0.25) is 0 Å². The van der Waals surface area contributed by atoms with Crippen molar-refractivity contribution in [1.29, 1.82) is 0 Å². The van der Waals surface area contributed by atoms with Crippen molar-refractivity contribution in [2.45, 2.75) is 156 Å². The minimum Gasteiger partial charge on any atom is -0.341 e. The Balaban J connectivity index is 0.000000502. The topological polar surface area (TPSA) is 247 Å². The van der Waals surface area contributed by atoms with Gasteiger partial charge in [-0.15, -0.1) is 0 Å². The number of hydrogen-bond donors (Lipinski definition) is 12. The molecule has 0 aliphatic heterocycles. The minimum atomic E-state index is -0.308. The molecule has 12 N–H and O–H groups in total. The predicted octanol–water partition coefficient (Wildman–Crippen LogP) is 11.8. The van der Waals surface area contributed by atoms with Crippen LogP contribution in [0.3, 0.4) is 0 Å². The molecule has 0 spiro atoms. The zero-order valence-corrected chi connectivity index (χ0v) is 42.7. The number of benzene rings is 3. The van der Waals surface area contributed by atoms with Crippen molar-refractivity contribution in [2.24, 2.45) is 0 Å². The van der Waals surface area contributed by atoms with E-state index in [0.29, 0.717) is 34.1 Å². The van der Waals surface area contributed by atoms with E-state index in [1.165, 1.54) is 71.9 Å². The van der Waals surface area contributed by atoms with E-state index in [2.05, 4.69) is 63.8 Å². The van der Waals surface area contributed by atoms with Crippen LogP contribution in [0.2, 0.25) is 0 Å². The van der Waals surface area contributed by atoms with Gasteiger partial charge in [0.25, 0.3) is 0 Å². The van der Waals surface area contributed by atoms with Gasteiger partial charge < -0.3 is 63.8 Å². The van der Waals surface area contributed by atoms with Crippen molar-refractivity contribution in [2.75, 3.05) is 53.0 Å². The van der Waals surface area contributed by atoms with Gasteiger partial charge in [-0.25, -0.2) is 28.8 Å². The Morgan fingerprint density at radius 3 is 0.696 bits per heavy atom. The van der Waals surface area contributed by atoms with Gasteiger partial charge in [0.15, 0.2) is 0 Å². The third kappa shape index (κ3) is 27.0. The molecule has 69 heavy (non-hydrogen) atoms. The summed E-state index contributed by atoms with van der Waals surface area (Å²) < 4.78 is 0. The first-order valence-electron chi connectivity index (χ1n) is 25.0. The van der Waals surface area contributed by atoms with Gasteiger partial charge in [0.2, 0.25) is 0 Å². The number of amides is 12. The Bertz CT molecular complexity index is 1850. The van der Waals surface area contributed by atoms with Crippen LogP contribution in [0.25, 0.3) is 0 Å². The van der Waals surface area contributed by atoms with E-state index in [4.69, 9.17) is 0 Å². The molecule has 384 valence electrons. The summed E-state index contributed by atoms with van der Waals surface area (Å²) in [6.45, 7) is 12.0. The SMILES string of the molecule is CC.CC.CC.CNC(=O)Nc1cccc(NC(=O)NC)c1.CNC(=O)Nc1cccc(NC(=O)NC2CCCCC2)c1.O=C(Nc1cccc(NC(=O)NC2CCCCC2)c1)NC1CCCCC1. The lowest BCUT2D eigenvalue weighted by atomic mass is 9.96. The fraction of sp³-hybridized carbons (Fsp3) is 0.529. The molecule has 3 aromatic carbocycles. The summed E-state index contributed by atoms with van der Waals surface area (Å²) in [5.74, 6) is 0. The van der Waals surface area contributed by atoms with E-state index in [1.54, 1.807) is 61.6 Å². The standard InChI is InChI=1S/C20H30N4O2.C15H22N4O2.C10H14N4O2.3C2H6/c25-19(21-15-8-3-1-4-9-15)23-17-12-7-13-18(14-17)24-20(26)22-16-10-5-2-6-11-16;1-16-14(20)18-12-8-5-9-13(10-12)19-15(21)17-11-6-3-2-4-7-11;1-11-9(15)13-7-4-3-5-8(6-7)14-10(16)12-2;3*1-2/h7,12-16H,1-6,8-11H2,(H2,21,23,25)(H2,22,24,26);5,8-11H,2-4,6-7H2,1H3,(H2,16,18,20)(H2,17,19,21);3-6H,1-2H3,(H2,11,13,15)(H2,12,14,16);3*1-2H3. The summed E-state index contributed by atoms with van der Waals surface area (Å²) >= 11 is 0. The molecule has 18 heteroatoms. The predicted molar refractivity (Wildman–Crippen MR) is 285 cm³/mol. The second-order valence-electron chi connectivity index (χ2n) is 15.7. The van der Waals surface area contributed by atoms with Gasteiger partial charge in [-0.1, -0.05) is 118 Å². The molecule has 12 amide bonds. The van der Waals surface area contributed by atoms with Crippen molar-refractivity contribution < 1.29 is 28.8 Å². The largest absolute Gasteiger partial charge is 0.341 e. The Kier molecular flexibility index (Phi) is 32.6. The number of carbonyl (C=O) groups is 6. The summed E-state index contributed by atoms with van der Waals surface area (Å²) in [6.07, 6.45) is 17.2. The van der Waals surface area contributed by atoms with Crippen LogP contribution in [0.4, 0.5) is 62.9 Å². The number of urea groups is 6. The highest BCUT2D eigenvalue weighted by Gasteiger charge is 2.18. The highest BCUT2D eigenvalue weighted by molar-refractivity contribution is 5.94. The number of rotatable bonds is 9. The molecular formula is C51H84N12O6. The van der Waals surface area contributed by atoms with Gasteiger partial charge >= 0.3 is 36.2 Å². The summed E-state index contributed by atoms with van der Waals surface area (Å²) in [4.78, 5) is 69.6. The van der Waals surface area contributed by atoms with Crippen LogP contribution in [-0.2, 0) is 0 Å². The smallest absolute Gasteiger partial charge is 0.319 e. The second kappa shape index (κ2) is 37.3. The van der Waals surface area contributed by atoms with Crippen LogP contribution < -0.4 is 63.8 Å². The molecule has 18 nitrogen and oxygen atoms in total. The molecule has 3 fully saturated rings. The maximum Gasteiger partial charge on any atom is 0.319 e. The minimum absolute atomic E-state index is 0.180. The molecule has 0 heterocycles. The van der Waals surface area contributed by atoms with Crippen LogP contribution in [0.15, 0.2) is 72.8 Å². The molecule has 0 unspecified atom stereocenters. The monoisotopic (exact) mass is 961 g/mol. The third-order valence-electron chi connectivity index (χ3n) is 10.6. The molecule has 3 saturated carbocycles. The highest BCUT2D eigenvalue weighted by atomic mass is 16.2. The first kappa shape index (κ1) is 60.3. The summed E-state index contributed by atoms with van der Waals surface area (Å²) in [7, 11) is 4.61. The van der Waals surface area contributed by atoms with Crippen molar-refractivity contribution in [3.8, 4) is 0 Å². The first-order chi connectivity index (χ1) is 33.5. The molecular weight excluding hydrogens is 877 g/mol. The average molecular weight is 961 g/mol. The maximum atomic E-state index is 12.2. The number of hydrogen-bond acceptors (Lipinski definition) is 6. The van der Waals surface area contributed by atoms with Gasteiger partial charge in [-0.2, -0.15) is 0 Å². The Labute approximate surface area is 411 Å². The number of carbonyl (C=O) groups excluding carboxylic acids is 6. The van der Waals surface area contributed by atoms with Crippen LogP contribution >= 0.6 is 0 Å². The summed E-state index contributed by atoms with van der Waals surface area (Å²) in [5, 5.41) is 32.8. The molecule has 6 rings (SSSR count). The van der Waals surface area contributed by atoms with Gasteiger partial charge in [0.1, 0.15) is 0 Å². The van der Waals surface area contributed by atoms with E-state index < -0.39 is 0 Å². The molecule has 3 aliphatic carbocycles. The molecule has 0 bridgehead atoms. The van der Waals surface area contributed by atoms with E-state index in [0.717, 1.165) is 38.5 Å². The highest BCUT2D eigenvalue weighted by Crippen LogP contribution is 2.21. The van der Waals surface area contributed by atoms with Gasteiger partial charge in [-0.05, 0) is 93.1 Å². The normalized spacial score (nSPS) is 14.0. The van der Waals surface area contributed by atoms with E-state index in [1.807, 2.05) is 59.7 Å². The quantitative estimate of drug-likeness (QED) is 0.0994. The average Bonchev–Trinajstić information content (AvgIpc) is 3.37. The van der Waals surface area contributed by atoms with Crippen LogP contribution in [-0.4, -0.2) is 75.5 Å². The molecule has 0 aromatic heterocycles. The number of anilines is 6. The lowest BCUT2D eigenvalue weighted by molar-refractivity contribution is 0.243. The Morgan fingerprint density at radius 1 is 0.319 bits per heavy atom. The van der Waals surface area contributed by atoms with E-state index >= 15 is 0 Å². The maximum absolute atomic E-state index is 12.2. The molecule has 0 saturated heterocycles. The zero-order valence-electron chi connectivity index (χ0n) is 42.7. The molecule has 3 aliphatic rings. The van der Waals surface area contributed by atoms with Gasteiger partial charge in [0.05, 0.1) is 0 Å². The lowest BCUT2D eigenvalue weighted by Crippen LogP contribution is -2.39. The van der Waals surface area contributed by atoms with E-state index in [-0.39, 0.29) is 54.3 Å².